The minimum atomic E-state index is 0.0750. The van der Waals surface area contributed by atoms with Gasteiger partial charge in [0.15, 0.2) is 11.5 Å². The molecular weight excluding hydrogens is 375 g/mol. The lowest BCUT2D eigenvalue weighted by atomic mass is 10.0. The highest BCUT2D eigenvalue weighted by Crippen LogP contribution is 2.39. The van der Waals surface area contributed by atoms with Gasteiger partial charge in [0.1, 0.15) is 0 Å². The molecule has 112 valence electrons. The van der Waals surface area contributed by atoms with Crippen LogP contribution in [-0.2, 0) is 6.42 Å². The van der Waals surface area contributed by atoms with Crippen molar-refractivity contribution in [2.75, 3.05) is 14.2 Å². The lowest BCUT2D eigenvalue weighted by Gasteiger charge is -2.16. The van der Waals surface area contributed by atoms with E-state index in [1.165, 1.54) is 5.56 Å². The largest absolute Gasteiger partial charge is 0.493 e. The quantitative estimate of drug-likeness (QED) is 0.611. The normalized spacial score (nSPS) is 12.0. The summed E-state index contributed by atoms with van der Waals surface area (Å²) < 4.78 is 10.6. The third kappa shape index (κ3) is 4.06. The second-order valence-corrected chi connectivity index (χ2v) is 6.48. The summed E-state index contributed by atoms with van der Waals surface area (Å²) in [5.41, 5.74) is 2.14. The van der Waals surface area contributed by atoms with Gasteiger partial charge in [0.25, 0.3) is 0 Å². The Labute approximate surface area is 143 Å². The Kier molecular flexibility index (Phi) is 5.80. The van der Waals surface area contributed by atoms with Gasteiger partial charge < -0.3 is 9.47 Å². The number of hydrogen-bond donors (Lipinski definition) is 0. The molecule has 2 nitrogen and oxygen atoms in total. The van der Waals surface area contributed by atoms with Crippen LogP contribution in [0.1, 0.15) is 16.0 Å². The van der Waals surface area contributed by atoms with Gasteiger partial charge in [0.2, 0.25) is 0 Å². The van der Waals surface area contributed by atoms with Crippen molar-refractivity contribution in [3.63, 3.8) is 0 Å². The number of methoxy groups -OCH3 is 2. The molecule has 21 heavy (non-hydrogen) atoms. The summed E-state index contributed by atoms with van der Waals surface area (Å²) in [6.45, 7) is 0. The van der Waals surface area contributed by atoms with Crippen LogP contribution >= 0.6 is 39.1 Å². The van der Waals surface area contributed by atoms with Crippen molar-refractivity contribution >= 4 is 39.1 Å². The van der Waals surface area contributed by atoms with E-state index in [2.05, 4.69) is 15.9 Å². The topological polar surface area (TPSA) is 18.5 Å². The highest BCUT2D eigenvalue weighted by atomic mass is 79.9. The molecule has 0 aliphatic heterocycles. The van der Waals surface area contributed by atoms with E-state index in [0.717, 1.165) is 17.0 Å². The minimum absolute atomic E-state index is 0.0750. The van der Waals surface area contributed by atoms with Crippen molar-refractivity contribution in [3.05, 3.63) is 57.6 Å². The first kappa shape index (κ1) is 16.5. The molecule has 0 aliphatic rings. The molecule has 2 aromatic carbocycles. The Morgan fingerprint density at radius 3 is 2.14 bits per heavy atom. The predicted octanol–water partition coefficient (Wildman–Crippen LogP) is 5.69. The van der Waals surface area contributed by atoms with Crippen LogP contribution in [0, 0.1) is 0 Å². The van der Waals surface area contributed by atoms with Gasteiger partial charge in [0, 0.05) is 20.9 Å². The zero-order valence-electron chi connectivity index (χ0n) is 11.7. The molecule has 0 heterocycles. The summed E-state index contributed by atoms with van der Waals surface area (Å²) in [7, 11) is 3.20. The lowest BCUT2D eigenvalue weighted by molar-refractivity contribution is 0.354. The first-order valence-corrected chi connectivity index (χ1v) is 8.02. The van der Waals surface area contributed by atoms with Crippen molar-refractivity contribution in [2.45, 2.75) is 11.2 Å². The monoisotopic (exact) mass is 388 g/mol. The van der Waals surface area contributed by atoms with Crippen LogP contribution in [0.5, 0.6) is 11.5 Å². The van der Waals surface area contributed by atoms with Crippen molar-refractivity contribution in [1.29, 1.82) is 0 Å². The summed E-state index contributed by atoms with van der Waals surface area (Å²) in [6.07, 6.45) is 0.798. The Balaban J connectivity index is 2.26. The standard InChI is InChI=1S/C16H15BrCl2O2/c1-20-15-8-12(14(19)9-16(15)21-2)13(17)7-10-3-5-11(18)6-4-10/h3-6,8-9,13H,7H2,1-2H3. The molecule has 5 heteroatoms. The first-order valence-electron chi connectivity index (χ1n) is 6.35. The number of halogens is 3. The number of hydrogen-bond acceptors (Lipinski definition) is 2. The fraction of sp³-hybridized carbons (Fsp3) is 0.250. The Hall–Kier alpha value is -0.900. The molecule has 0 saturated carbocycles. The van der Waals surface area contributed by atoms with E-state index in [1.54, 1.807) is 20.3 Å². The van der Waals surface area contributed by atoms with Crippen molar-refractivity contribution in [1.82, 2.24) is 0 Å². The van der Waals surface area contributed by atoms with E-state index in [9.17, 15) is 0 Å². The van der Waals surface area contributed by atoms with E-state index in [4.69, 9.17) is 32.7 Å². The van der Waals surface area contributed by atoms with E-state index >= 15 is 0 Å². The van der Waals surface area contributed by atoms with E-state index in [1.807, 2.05) is 30.3 Å². The molecule has 2 aromatic rings. The van der Waals surface area contributed by atoms with Crippen molar-refractivity contribution in [2.24, 2.45) is 0 Å². The molecule has 2 rings (SSSR count). The second kappa shape index (κ2) is 7.39. The van der Waals surface area contributed by atoms with E-state index < -0.39 is 0 Å². The maximum Gasteiger partial charge on any atom is 0.162 e. The first-order chi connectivity index (χ1) is 10.0. The van der Waals surface area contributed by atoms with Gasteiger partial charge in [-0.1, -0.05) is 51.3 Å². The second-order valence-electron chi connectivity index (χ2n) is 4.53. The average molecular weight is 390 g/mol. The number of benzene rings is 2. The maximum absolute atomic E-state index is 6.34. The van der Waals surface area contributed by atoms with E-state index in [-0.39, 0.29) is 4.83 Å². The maximum atomic E-state index is 6.34. The van der Waals surface area contributed by atoms with Gasteiger partial charge in [-0.2, -0.15) is 0 Å². The fourth-order valence-corrected chi connectivity index (χ4v) is 3.34. The van der Waals surface area contributed by atoms with Crippen LogP contribution in [0.3, 0.4) is 0 Å². The van der Waals surface area contributed by atoms with Crippen LogP contribution in [0.2, 0.25) is 10.0 Å². The highest BCUT2D eigenvalue weighted by molar-refractivity contribution is 9.09. The smallest absolute Gasteiger partial charge is 0.162 e. The van der Waals surface area contributed by atoms with Crippen LogP contribution < -0.4 is 9.47 Å². The predicted molar refractivity (Wildman–Crippen MR) is 91.4 cm³/mol. The molecule has 0 bridgehead atoms. The molecule has 0 radical (unpaired) electrons. The van der Waals surface area contributed by atoms with Crippen LogP contribution in [0.25, 0.3) is 0 Å². The summed E-state index contributed by atoms with van der Waals surface area (Å²) in [5, 5.41) is 1.37. The van der Waals surface area contributed by atoms with Gasteiger partial charge >= 0.3 is 0 Å². The Morgan fingerprint density at radius 1 is 1.00 bits per heavy atom. The SMILES string of the molecule is COc1cc(Cl)c(C(Br)Cc2ccc(Cl)cc2)cc1OC. The van der Waals surface area contributed by atoms with Crippen LogP contribution in [0.15, 0.2) is 36.4 Å². The third-order valence-electron chi connectivity index (χ3n) is 3.17. The van der Waals surface area contributed by atoms with Crippen molar-refractivity contribution in [3.8, 4) is 11.5 Å². The third-order valence-corrected chi connectivity index (χ3v) is 4.56. The van der Waals surface area contributed by atoms with Crippen LogP contribution in [-0.4, -0.2) is 14.2 Å². The van der Waals surface area contributed by atoms with Gasteiger partial charge in [0.05, 0.1) is 14.2 Å². The summed E-state index contributed by atoms with van der Waals surface area (Å²) >= 11 is 15.9. The number of ether oxygens (including phenoxy) is 2. The molecule has 0 amide bonds. The minimum Gasteiger partial charge on any atom is -0.493 e. The summed E-state index contributed by atoms with van der Waals surface area (Å²) in [4.78, 5) is 0.0750. The molecule has 1 unspecified atom stereocenters. The van der Waals surface area contributed by atoms with Crippen molar-refractivity contribution < 1.29 is 9.47 Å². The van der Waals surface area contributed by atoms with Gasteiger partial charge in [-0.25, -0.2) is 0 Å². The van der Waals surface area contributed by atoms with Crippen LogP contribution in [0.4, 0.5) is 0 Å². The van der Waals surface area contributed by atoms with Gasteiger partial charge in [-0.3, -0.25) is 0 Å². The average Bonchev–Trinajstić information content (AvgIpc) is 2.49. The molecule has 0 N–H and O–H groups in total. The fourth-order valence-electron chi connectivity index (χ4n) is 2.05. The zero-order chi connectivity index (χ0) is 15.4. The molecule has 0 aliphatic carbocycles. The number of alkyl halides is 1. The zero-order valence-corrected chi connectivity index (χ0v) is 14.8. The lowest BCUT2D eigenvalue weighted by Crippen LogP contribution is -1.99. The van der Waals surface area contributed by atoms with Gasteiger partial charge in [-0.15, -0.1) is 0 Å². The van der Waals surface area contributed by atoms with Gasteiger partial charge in [-0.05, 0) is 35.7 Å². The number of rotatable bonds is 5. The molecule has 0 spiro atoms. The summed E-state index contributed by atoms with van der Waals surface area (Å²) in [5.74, 6) is 1.29. The molecule has 0 aromatic heterocycles. The Morgan fingerprint density at radius 2 is 1.57 bits per heavy atom. The Bertz CT molecular complexity index is 614. The molecule has 0 fully saturated rings. The molecule has 0 saturated heterocycles. The molecule has 1 atom stereocenters. The van der Waals surface area contributed by atoms with E-state index in [0.29, 0.717) is 16.5 Å². The molecular formula is C16H15BrCl2O2. The highest BCUT2D eigenvalue weighted by Gasteiger charge is 2.16. The summed E-state index contributed by atoms with van der Waals surface area (Å²) in [6, 6.07) is 11.4.